The molecule has 1 heterocycles. The van der Waals surface area contributed by atoms with Crippen molar-refractivity contribution in [3.8, 4) is 11.8 Å². The summed E-state index contributed by atoms with van der Waals surface area (Å²) in [5.41, 5.74) is 0. The predicted molar refractivity (Wildman–Crippen MR) is 52.1 cm³/mol. The fourth-order valence-electron chi connectivity index (χ4n) is 0.935. The lowest BCUT2D eigenvalue weighted by Crippen LogP contribution is -1.91. The van der Waals surface area contributed by atoms with Crippen molar-refractivity contribution >= 4 is 5.97 Å². The van der Waals surface area contributed by atoms with Gasteiger partial charge in [0.1, 0.15) is 0 Å². The first-order valence-corrected chi connectivity index (χ1v) is 4.56. The third-order valence-corrected chi connectivity index (χ3v) is 1.68. The van der Waals surface area contributed by atoms with Gasteiger partial charge in [-0.05, 0) is 24.5 Å². The van der Waals surface area contributed by atoms with Crippen LogP contribution in [0.4, 0.5) is 0 Å². The molecule has 0 unspecified atom stereocenters. The molecule has 1 rings (SSSR count). The summed E-state index contributed by atoms with van der Waals surface area (Å²) in [7, 11) is 0. The number of hydrogen-bond acceptors (Lipinski definition) is 2. The van der Waals surface area contributed by atoms with Crippen LogP contribution < -0.4 is 0 Å². The summed E-state index contributed by atoms with van der Waals surface area (Å²) in [5.74, 6) is 4.98. The Morgan fingerprint density at radius 3 is 2.93 bits per heavy atom. The summed E-state index contributed by atoms with van der Waals surface area (Å²) >= 11 is 0. The standard InChI is InChI=1S/C11H12O3/c1-2-3-4-5-6-9-7-8-10(14-9)11(12)13/h7-8H,2-4H2,1H3,(H,12,13). The van der Waals surface area contributed by atoms with Crippen LogP contribution >= 0.6 is 0 Å². The van der Waals surface area contributed by atoms with Gasteiger partial charge >= 0.3 is 5.97 Å². The number of carboxylic acids is 1. The van der Waals surface area contributed by atoms with Crippen LogP contribution in [0, 0.1) is 11.8 Å². The van der Waals surface area contributed by atoms with Gasteiger partial charge in [0.2, 0.25) is 5.76 Å². The van der Waals surface area contributed by atoms with Gasteiger partial charge in [0.15, 0.2) is 5.76 Å². The van der Waals surface area contributed by atoms with E-state index in [0.29, 0.717) is 5.76 Å². The molecule has 0 spiro atoms. The summed E-state index contributed by atoms with van der Waals surface area (Å²) in [4.78, 5) is 10.4. The fourth-order valence-corrected chi connectivity index (χ4v) is 0.935. The number of carboxylic acid groups (broad SMARTS) is 1. The molecule has 0 bridgehead atoms. The van der Waals surface area contributed by atoms with E-state index in [4.69, 9.17) is 9.52 Å². The molecule has 0 atom stereocenters. The first-order chi connectivity index (χ1) is 6.74. The number of unbranched alkanes of at least 4 members (excludes halogenated alkanes) is 2. The van der Waals surface area contributed by atoms with Gasteiger partial charge in [-0.15, -0.1) is 0 Å². The molecular formula is C11H12O3. The molecule has 0 aliphatic heterocycles. The molecule has 0 aliphatic carbocycles. The van der Waals surface area contributed by atoms with Crippen molar-refractivity contribution in [2.24, 2.45) is 0 Å². The van der Waals surface area contributed by atoms with E-state index in [1.54, 1.807) is 6.07 Å². The Morgan fingerprint density at radius 2 is 2.36 bits per heavy atom. The van der Waals surface area contributed by atoms with Crippen molar-refractivity contribution in [3.63, 3.8) is 0 Å². The summed E-state index contributed by atoms with van der Waals surface area (Å²) < 4.78 is 4.95. The number of aromatic carboxylic acids is 1. The zero-order chi connectivity index (χ0) is 10.4. The Hall–Kier alpha value is -1.69. The lowest BCUT2D eigenvalue weighted by Gasteiger charge is -1.84. The van der Waals surface area contributed by atoms with Crippen LogP contribution in [0.1, 0.15) is 42.5 Å². The number of furan rings is 1. The SMILES string of the molecule is CCCCC#Cc1ccc(C(=O)O)o1. The van der Waals surface area contributed by atoms with Crippen LogP contribution in [-0.2, 0) is 0 Å². The van der Waals surface area contributed by atoms with Gasteiger partial charge < -0.3 is 9.52 Å². The first-order valence-electron chi connectivity index (χ1n) is 4.56. The molecule has 14 heavy (non-hydrogen) atoms. The Labute approximate surface area is 82.7 Å². The average molecular weight is 192 g/mol. The van der Waals surface area contributed by atoms with Crippen LogP contribution in [0.15, 0.2) is 16.5 Å². The Kier molecular flexibility index (Phi) is 3.81. The molecule has 0 amide bonds. The van der Waals surface area contributed by atoms with Crippen LogP contribution in [0.25, 0.3) is 0 Å². The summed E-state index contributed by atoms with van der Waals surface area (Å²) in [6.07, 6.45) is 2.98. The van der Waals surface area contributed by atoms with Gasteiger partial charge in [-0.1, -0.05) is 19.3 Å². The summed E-state index contributed by atoms with van der Waals surface area (Å²) in [6.45, 7) is 2.09. The highest BCUT2D eigenvalue weighted by Crippen LogP contribution is 2.06. The highest BCUT2D eigenvalue weighted by molar-refractivity contribution is 5.84. The number of hydrogen-bond donors (Lipinski definition) is 1. The van der Waals surface area contributed by atoms with Gasteiger partial charge in [0.05, 0.1) is 0 Å². The zero-order valence-electron chi connectivity index (χ0n) is 8.04. The first kappa shape index (κ1) is 10.4. The minimum atomic E-state index is -1.06. The van der Waals surface area contributed by atoms with E-state index in [1.807, 2.05) is 0 Å². The largest absolute Gasteiger partial charge is 0.475 e. The molecule has 0 aliphatic rings. The van der Waals surface area contributed by atoms with E-state index in [0.717, 1.165) is 19.3 Å². The second-order valence-electron chi connectivity index (χ2n) is 2.87. The van der Waals surface area contributed by atoms with E-state index >= 15 is 0 Å². The van der Waals surface area contributed by atoms with E-state index in [-0.39, 0.29) is 5.76 Å². The topological polar surface area (TPSA) is 50.4 Å². The molecule has 0 fully saturated rings. The highest BCUT2D eigenvalue weighted by atomic mass is 16.4. The van der Waals surface area contributed by atoms with Crippen molar-refractivity contribution in [2.45, 2.75) is 26.2 Å². The fraction of sp³-hybridized carbons (Fsp3) is 0.364. The molecule has 0 aromatic carbocycles. The van der Waals surface area contributed by atoms with Crippen molar-refractivity contribution in [1.82, 2.24) is 0 Å². The molecule has 1 aromatic rings. The molecule has 3 heteroatoms. The monoisotopic (exact) mass is 192 g/mol. The number of rotatable bonds is 3. The highest BCUT2D eigenvalue weighted by Gasteiger charge is 2.06. The third-order valence-electron chi connectivity index (χ3n) is 1.68. The van der Waals surface area contributed by atoms with Crippen LogP contribution in [-0.4, -0.2) is 11.1 Å². The maximum Gasteiger partial charge on any atom is 0.371 e. The van der Waals surface area contributed by atoms with Gasteiger partial charge in [0, 0.05) is 6.42 Å². The Balaban J connectivity index is 2.58. The minimum absolute atomic E-state index is 0.0650. The average Bonchev–Trinajstić information content (AvgIpc) is 2.61. The van der Waals surface area contributed by atoms with Gasteiger partial charge in [-0.3, -0.25) is 0 Å². The van der Waals surface area contributed by atoms with Crippen molar-refractivity contribution < 1.29 is 14.3 Å². The second-order valence-corrected chi connectivity index (χ2v) is 2.87. The van der Waals surface area contributed by atoms with E-state index < -0.39 is 5.97 Å². The Bertz CT molecular complexity index is 365. The van der Waals surface area contributed by atoms with Crippen molar-refractivity contribution in [3.05, 3.63) is 23.7 Å². The van der Waals surface area contributed by atoms with Crippen molar-refractivity contribution in [2.75, 3.05) is 0 Å². The maximum atomic E-state index is 10.4. The maximum absolute atomic E-state index is 10.4. The minimum Gasteiger partial charge on any atom is -0.475 e. The molecule has 1 N–H and O–H groups in total. The predicted octanol–water partition coefficient (Wildman–Crippen LogP) is 2.52. The number of carbonyl (C=O) groups is 1. The quantitative estimate of drug-likeness (QED) is 0.591. The summed E-state index contributed by atoms with van der Waals surface area (Å²) in [6, 6.07) is 2.98. The molecule has 74 valence electrons. The molecule has 0 saturated heterocycles. The van der Waals surface area contributed by atoms with Crippen LogP contribution in [0.2, 0.25) is 0 Å². The zero-order valence-corrected chi connectivity index (χ0v) is 8.04. The normalized spacial score (nSPS) is 9.21. The van der Waals surface area contributed by atoms with Gasteiger partial charge in [-0.2, -0.15) is 0 Å². The van der Waals surface area contributed by atoms with E-state index in [2.05, 4.69) is 18.8 Å². The smallest absolute Gasteiger partial charge is 0.371 e. The van der Waals surface area contributed by atoms with Crippen LogP contribution in [0.5, 0.6) is 0 Å². The molecule has 0 saturated carbocycles. The van der Waals surface area contributed by atoms with Crippen LogP contribution in [0.3, 0.4) is 0 Å². The third kappa shape index (κ3) is 2.98. The van der Waals surface area contributed by atoms with Gasteiger partial charge in [0.25, 0.3) is 0 Å². The molecule has 0 radical (unpaired) electrons. The lowest BCUT2D eigenvalue weighted by atomic mass is 10.2. The molecule has 3 nitrogen and oxygen atoms in total. The molecular weight excluding hydrogens is 180 g/mol. The Morgan fingerprint density at radius 1 is 1.57 bits per heavy atom. The summed E-state index contributed by atoms with van der Waals surface area (Å²) in [5, 5.41) is 8.57. The lowest BCUT2D eigenvalue weighted by molar-refractivity contribution is 0.0662. The molecule has 1 aromatic heterocycles. The van der Waals surface area contributed by atoms with E-state index in [1.165, 1.54) is 6.07 Å². The van der Waals surface area contributed by atoms with Crippen molar-refractivity contribution in [1.29, 1.82) is 0 Å². The van der Waals surface area contributed by atoms with E-state index in [9.17, 15) is 4.79 Å². The van der Waals surface area contributed by atoms with Gasteiger partial charge in [-0.25, -0.2) is 4.79 Å². The second kappa shape index (κ2) is 5.13.